The summed E-state index contributed by atoms with van der Waals surface area (Å²) < 4.78 is 0. The number of hydrogen-bond acceptors (Lipinski definition) is 1. The number of fused-ring (bicyclic) bond motifs is 1. The molecule has 3 aromatic carbocycles. The maximum absolute atomic E-state index is 12.8. The Morgan fingerprint density at radius 1 is 1.00 bits per heavy atom. The molecule has 1 aliphatic heterocycles. The minimum Gasteiger partial charge on any atom is -0.325 e. The maximum Gasteiger partial charge on any atom is 0.235 e. The van der Waals surface area contributed by atoms with Crippen LogP contribution >= 0.6 is 11.6 Å². The van der Waals surface area contributed by atoms with Gasteiger partial charge in [-0.25, -0.2) is 0 Å². The van der Waals surface area contributed by atoms with Gasteiger partial charge in [-0.2, -0.15) is 0 Å². The van der Waals surface area contributed by atoms with E-state index in [4.69, 9.17) is 11.6 Å². The van der Waals surface area contributed by atoms with Crippen LogP contribution in [0.3, 0.4) is 0 Å². The third kappa shape index (κ3) is 2.71. The van der Waals surface area contributed by atoms with Gasteiger partial charge in [0.25, 0.3) is 0 Å². The van der Waals surface area contributed by atoms with Gasteiger partial charge < -0.3 is 5.32 Å². The van der Waals surface area contributed by atoms with Crippen LogP contribution in [0.4, 0.5) is 5.69 Å². The number of benzene rings is 3. The Hall–Kier alpha value is -2.58. The van der Waals surface area contributed by atoms with E-state index in [1.165, 1.54) is 11.1 Å². The second-order valence-corrected chi connectivity index (χ2v) is 7.54. The van der Waals surface area contributed by atoms with E-state index in [1.807, 2.05) is 49.4 Å². The van der Waals surface area contributed by atoms with Crippen molar-refractivity contribution in [1.29, 1.82) is 0 Å². The number of carbonyl (C=O) groups is 1. The molecule has 130 valence electrons. The molecule has 0 radical (unpaired) electrons. The van der Waals surface area contributed by atoms with Gasteiger partial charge >= 0.3 is 0 Å². The van der Waals surface area contributed by atoms with Crippen LogP contribution < -0.4 is 5.32 Å². The zero-order valence-electron chi connectivity index (χ0n) is 14.8. The van der Waals surface area contributed by atoms with Crippen molar-refractivity contribution in [3.63, 3.8) is 0 Å². The average molecular weight is 362 g/mol. The van der Waals surface area contributed by atoms with Crippen LogP contribution in [0, 0.1) is 6.92 Å². The molecule has 1 amide bonds. The quantitative estimate of drug-likeness (QED) is 0.630. The van der Waals surface area contributed by atoms with Crippen molar-refractivity contribution in [1.82, 2.24) is 0 Å². The summed E-state index contributed by atoms with van der Waals surface area (Å²) in [5, 5.41) is 3.78. The van der Waals surface area contributed by atoms with Crippen LogP contribution in [0.15, 0.2) is 66.7 Å². The molecule has 0 saturated carbocycles. The van der Waals surface area contributed by atoms with Gasteiger partial charge in [-0.05, 0) is 54.7 Å². The highest BCUT2D eigenvalue weighted by molar-refractivity contribution is 6.33. The Labute approximate surface area is 158 Å². The van der Waals surface area contributed by atoms with Crippen LogP contribution in [0.25, 0.3) is 11.1 Å². The molecule has 0 aliphatic carbocycles. The van der Waals surface area contributed by atoms with Gasteiger partial charge in [0.05, 0.1) is 5.41 Å². The van der Waals surface area contributed by atoms with Crippen LogP contribution in [-0.2, 0) is 16.6 Å². The van der Waals surface area contributed by atoms with Gasteiger partial charge in [0, 0.05) is 16.3 Å². The van der Waals surface area contributed by atoms with Crippen molar-refractivity contribution < 1.29 is 4.79 Å². The van der Waals surface area contributed by atoms with Crippen molar-refractivity contribution >= 4 is 23.2 Å². The third-order valence-electron chi connectivity index (χ3n) is 5.35. The Kier molecular flexibility index (Phi) is 4.08. The minimum atomic E-state index is -0.569. The summed E-state index contributed by atoms with van der Waals surface area (Å²) >= 11 is 6.33. The molecule has 1 atom stereocenters. The molecule has 3 aromatic rings. The summed E-state index contributed by atoms with van der Waals surface area (Å²) in [4.78, 5) is 12.8. The van der Waals surface area contributed by atoms with Gasteiger partial charge in [0.2, 0.25) is 5.91 Å². The first-order valence-electron chi connectivity index (χ1n) is 8.74. The van der Waals surface area contributed by atoms with Crippen LogP contribution in [-0.4, -0.2) is 5.91 Å². The first-order valence-corrected chi connectivity index (χ1v) is 9.12. The van der Waals surface area contributed by atoms with Crippen LogP contribution in [0.5, 0.6) is 0 Å². The lowest BCUT2D eigenvalue weighted by Gasteiger charge is -2.23. The third-order valence-corrected chi connectivity index (χ3v) is 5.68. The molecule has 0 fully saturated rings. The van der Waals surface area contributed by atoms with Crippen molar-refractivity contribution in [2.24, 2.45) is 0 Å². The summed E-state index contributed by atoms with van der Waals surface area (Å²) in [6.45, 7) is 4.11. The second-order valence-electron chi connectivity index (χ2n) is 7.13. The molecule has 4 rings (SSSR count). The molecule has 0 spiro atoms. The van der Waals surface area contributed by atoms with Gasteiger partial charge in [0.1, 0.15) is 0 Å². The first-order chi connectivity index (χ1) is 12.5. The smallest absolute Gasteiger partial charge is 0.235 e. The first kappa shape index (κ1) is 16.9. The van der Waals surface area contributed by atoms with E-state index in [0.717, 1.165) is 22.4 Å². The predicted molar refractivity (Wildman–Crippen MR) is 108 cm³/mol. The summed E-state index contributed by atoms with van der Waals surface area (Å²) in [7, 11) is 0. The number of hydrogen-bond donors (Lipinski definition) is 1. The summed E-state index contributed by atoms with van der Waals surface area (Å²) in [6, 6.07) is 22.1. The molecule has 0 aromatic heterocycles. The number of nitrogens with one attached hydrogen (secondary N) is 1. The zero-order valence-corrected chi connectivity index (χ0v) is 15.6. The molecular weight excluding hydrogens is 342 g/mol. The summed E-state index contributed by atoms with van der Waals surface area (Å²) in [6.07, 6.45) is 0.684. The van der Waals surface area contributed by atoms with E-state index in [-0.39, 0.29) is 5.91 Å². The van der Waals surface area contributed by atoms with E-state index >= 15 is 0 Å². The fourth-order valence-electron chi connectivity index (χ4n) is 3.74. The highest BCUT2D eigenvalue weighted by Crippen LogP contribution is 2.42. The van der Waals surface area contributed by atoms with Gasteiger partial charge in [-0.3, -0.25) is 4.79 Å². The fourth-order valence-corrected chi connectivity index (χ4v) is 3.98. The number of rotatable bonds is 3. The van der Waals surface area contributed by atoms with E-state index in [9.17, 15) is 4.79 Å². The topological polar surface area (TPSA) is 29.1 Å². The molecule has 0 saturated heterocycles. The van der Waals surface area contributed by atoms with E-state index in [0.29, 0.717) is 11.4 Å². The molecule has 1 aliphatic rings. The lowest BCUT2D eigenvalue weighted by molar-refractivity contribution is -0.120. The molecular formula is C23H20ClNO. The van der Waals surface area contributed by atoms with E-state index in [2.05, 4.69) is 36.5 Å². The zero-order chi connectivity index (χ0) is 18.3. The lowest BCUT2D eigenvalue weighted by Crippen LogP contribution is -2.33. The second kappa shape index (κ2) is 6.30. The minimum absolute atomic E-state index is 0.0482. The Morgan fingerprint density at radius 3 is 2.50 bits per heavy atom. The van der Waals surface area contributed by atoms with E-state index in [1.54, 1.807) is 0 Å². The van der Waals surface area contributed by atoms with Gasteiger partial charge in [-0.1, -0.05) is 66.2 Å². The molecule has 0 bridgehead atoms. The van der Waals surface area contributed by atoms with E-state index < -0.39 is 5.41 Å². The SMILES string of the molecule is Cc1ccccc1CC1(C)C(=O)Nc2cc(-c3ccccc3Cl)ccc21. The number of carbonyl (C=O) groups excluding carboxylic acids is 1. The Bertz CT molecular complexity index is 1010. The molecule has 1 N–H and O–H groups in total. The highest BCUT2D eigenvalue weighted by Gasteiger charge is 2.42. The van der Waals surface area contributed by atoms with Crippen LogP contribution in [0.2, 0.25) is 5.02 Å². The largest absolute Gasteiger partial charge is 0.325 e. The van der Waals surface area contributed by atoms with Crippen molar-refractivity contribution in [2.45, 2.75) is 25.7 Å². The maximum atomic E-state index is 12.8. The monoisotopic (exact) mass is 361 g/mol. The molecule has 2 nitrogen and oxygen atoms in total. The highest BCUT2D eigenvalue weighted by atomic mass is 35.5. The molecule has 3 heteroatoms. The van der Waals surface area contributed by atoms with Crippen molar-refractivity contribution in [3.05, 3.63) is 88.4 Å². The average Bonchev–Trinajstić information content (AvgIpc) is 2.87. The molecule has 1 heterocycles. The predicted octanol–water partition coefficient (Wildman–Crippen LogP) is 5.77. The summed E-state index contributed by atoms with van der Waals surface area (Å²) in [5.74, 6) is 0.0482. The molecule has 1 unspecified atom stereocenters. The standard InChI is InChI=1S/C23H20ClNO/c1-15-7-3-4-8-17(15)14-23(2)19-12-11-16(13-21(19)25-22(23)26)18-9-5-6-10-20(18)24/h3-13H,14H2,1-2H3,(H,25,26). The normalized spacial score (nSPS) is 18.5. The van der Waals surface area contributed by atoms with Gasteiger partial charge in [0.15, 0.2) is 0 Å². The Balaban J connectivity index is 1.75. The van der Waals surface area contributed by atoms with Gasteiger partial charge in [-0.15, -0.1) is 0 Å². The number of aryl methyl sites for hydroxylation is 1. The number of amides is 1. The van der Waals surface area contributed by atoms with Crippen molar-refractivity contribution in [2.75, 3.05) is 5.32 Å². The number of halogens is 1. The summed E-state index contributed by atoms with van der Waals surface area (Å²) in [5.41, 5.74) is 5.75. The fraction of sp³-hybridized carbons (Fsp3) is 0.174. The molecule has 26 heavy (non-hydrogen) atoms. The van der Waals surface area contributed by atoms with Crippen LogP contribution in [0.1, 0.15) is 23.6 Å². The van der Waals surface area contributed by atoms with Crippen molar-refractivity contribution in [3.8, 4) is 11.1 Å². The number of anilines is 1. The lowest BCUT2D eigenvalue weighted by atomic mass is 9.77. The Morgan fingerprint density at radius 2 is 1.73 bits per heavy atom.